The van der Waals surface area contributed by atoms with Crippen molar-refractivity contribution in [3.63, 3.8) is 0 Å². The molecule has 0 aromatic rings. The van der Waals surface area contributed by atoms with Crippen molar-refractivity contribution in [3.8, 4) is 0 Å². The van der Waals surface area contributed by atoms with Crippen LogP contribution in [-0.4, -0.2) is 8.86 Å². The molecular formula is C11H22I2. The van der Waals surface area contributed by atoms with Crippen LogP contribution in [0.5, 0.6) is 0 Å². The third kappa shape index (κ3) is 13.5. The molecule has 0 rings (SSSR count). The minimum atomic E-state index is 1.34. The molecule has 0 aromatic carbocycles. The molecule has 0 spiro atoms. The van der Waals surface area contributed by atoms with E-state index < -0.39 is 0 Å². The Hall–Kier alpha value is 1.46. The first-order chi connectivity index (χ1) is 6.41. The minimum absolute atomic E-state index is 1.34. The van der Waals surface area contributed by atoms with E-state index in [1.54, 1.807) is 0 Å². The van der Waals surface area contributed by atoms with Crippen molar-refractivity contribution in [2.24, 2.45) is 0 Å². The van der Waals surface area contributed by atoms with Crippen LogP contribution in [-0.2, 0) is 0 Å². The molecule has 0 aliphatic rings. The summed E-state index contributed by atoms with van der Waals surface area (Å²) in [6.45, 7) is 0. The van der Waals surface area contributed by atoms with E-state index in [0.717, 1.165) is 0 Å². The highest BCUT2D eigenvalue weighted by molar-refractivity contribution is 14.1. The zero-order valence-corrected chi connectivity index (χ0v) is 12.8. The first kappa shape index (κ1) is 14.5. The second kappa shape index (κ2) is 13.5. The van der Waals surface area contributed by atoms with Crippen LogP contribution < -0.4 is 0 Å². The Morgan fingerprint density at radius 1 is 0.385 bits per heavy atom. The number of hydrogen-bond donors (Lipinski definition) is 0. The number of halogens is 2. The molecule has 80 valence electrons. The monoisotopic (exact) mass is 408 g/mol. The summed E-state index contributed by atoms with van der Waals surface area (Å²) in [6, 6.07) is 0. The topological polar surface area (TPSA) is 0 Å². The highest BCUT2D eigenvalue weighted by atomic mass is 127. The van der Waals surface area contributed by atoms with Gasteiger partial charge in [0, 0.05) is 0 Å². The van der Waals surface area contributed by atoms with E-state index in [1.807, 2.05) is 0 Å². The average molecular weight is 408 g/mol. The van der Waals surface area contributed by atoms with Gasteiger partial charge in [-0.3, -0.25) is 0 Å². The van der Waals surface area contributed by atoms with E-state index in [2.05, 4.69) is 45.2 Å². The van der Waals surface area contributed by atoms with Crippen LogP contribution in [0.3, 0.4) is 0 Å². The molecule has 0 aliphatic carbocycles. The van der Waals surface area contributed by atoms with Crippen molar-refractivity contribution >= 4 is 45.2 Å². The summed E-state index contributed by atoms with van der Waals surface area (Å²) in [6.07, 6.45) is 13.1. The molecule has 0 unspecified atom stereocenters. The van der Waals surface area contributed by atoms with Crippen LogP contribution in [0.2, 0.25) is 0 Å². The van der Waals surface area contributed by atoms with E-state index in [0.29, 0.717) is 0 Å². The Morgan fingerprint density at radius 2 is 0.615 bits per heavy atom. The van der Waals surface area contributed by atoms with Gasteiger partial charge in [0.15, 0.2) is 0 Å². The van der Waals surface area contributed by atoms with Crippen molar-refractivity contribution in [3.05, 3.63) is 0 Å². The third-order valence-corrected chi connectivity index (χ3v) is 3.79. The molecule has 0 atom stereocenters. The summed E-state index contributed by atoms with van der Waals surface area (Å²) in [5.41, 5.74) is 0. The third-order valence-electron chi connectivity index (χ3n) is 2.27. The SMILES string of the molecule is ICCCCCCCCCCCI. The molecule has 0 saturated heterocycles. The summed E-state index contributed by atoms with van der Waals surface area (Å²) >= 11 is 4.94. The normalized spacial score (nSPS) is 10.6. The first-order valence-electron chi connectivity index (χ1n) is 5.53. The summed E-state index contributed by atoms with van der Waals surface area (Å²) in [5.74, 6) is 0. The molecule has 0 nitrogen and oxygen atoms in total. The lowest BCUT2D eigenvalue weighted by Gasteiger charge is -2.00. The number of alkyl halides is 2. The Kier molecular flexibility index (Phi) is 15.0. The fourth-order valence-corrected chi connectivity index (χ4v) is 2.51. The Labute approximate surface area is 111 Å². The maximum Gasteiger partial charge on any atom is -0.000473 e. The molecule has 0 saturated carbocycles. The van der Waals surface area contributed by atoms with Gasteiger partial charge in [-0.25, -0.2) is 0 Å². The predicted octanol–water partition coefficient (Wildman–Crippen LogP) is 5.37. The number of rotatable bonds is 10. The van der Waals surface area contributed by atoms with Crippen molar-refractivity contribution < 1.29 is 0 Å². The van der Waals surface area contributed by atoms with Crippen molar-refractivity contribution in [1.82, 2.24) is 0 Å². The second-order valence-electron chi connectivity index (χ2n) is 3.56. The maximum absolute atomic E-state index is 2.47. The molecule has 0 radical (unpaired) electrons. The van der Waals surface area contributed by atoms with Crippen molar-refractivity contribution in [2.75, 3.05) is 8.86 Å². The zero-order chi connectivity index (χ0) is 9.78. The molecule has 0 heterocycles. The van der Waals surface area contributed by atoms with Crippen LogP contribution in [0.4, 0.5) is 0 Å². The standard InChI is InChI=1S/C11H22I2/c12-10-8-6-4-2-1-3-5-7-9-11-13/h1-11H2. The Bertz CT molecular complexity index is 74.2. The van der Waals surface area contributed by atoms with Crippen LogP contribution in [0.15, 0.2) is 0 Å². The van der Waals surface area contributed by atoms with E-state index in [4.69, 9.17) is 0 Å². The van der Waals surface area contributed by atoms with E-state index >= 15 is 0 Å². The molecular weight excluding hydrogens is 386 g/mol. The molecule has 13 heavy (non-hydrogen) atoms. The Morgan fingerprint density at radius 3 is 0.846 bits per heavy atom. The molecule has 0 bridgehead atoms. The highest BCUT2D eigenvalue weighted by Crippen LogP contribution is 2.10. The largest absolute Gasteiger partial charge is 0.0864 e. The summed E-state index contributed by atoms with van der Waals surface area (Å²) < 4.78 is 2.68. The van der Waals surface area contributed by atoms with E-state index in [1.165, 1.54) is 66.6 Å². The maximum atomic E-state index is 2.47. The lowest BCUT2D eigenvalue weighted by Crippen LogP contribution is -1.82. The highest BCUT2D eigenvalue weighted by Gasteiger charge is 1.91. The van der Waals surface area contributed by atoms with Crippen molar-refractivity contribution in [2.45, 2.75) is 57.8 Å². The van der Waals surface area contributed by atoms with Gasteiger partial charge in [0.2, 0.25) is 0 Å². The number of hydrogen-bond acceptors (Lipinski definition) is 0. The van der Waals surface area contributed by atoms with Gasteiger partial charge in [0.05, 0.1) is 0 Å². The Balaban J connectivity index is 2.76. The van der Waals surface area contributed by atoms with Crippen LogP contribution in [0.25, 0.3) is 0 Å². The lowest BCUT2D eigenvalue weighted by molar-refractivity contribution is 0.576. The first-order valence-corrected chi connectivity index (χ1v) is 8.59. The van der Waals surface area contributed by atoms with Gasteiger partial charge in [-0.05, 0) is 21.7 Å². The summed E-state index contributed by atoms with van der Waals surface area (Å²) in [4.78, 5) is 0. The molecule has 2 heteroatoms. The zero-order valence-electron chi connectivity index (χ0n) is 8.53. The molecule has 0 N–H and O–H groups in total. The molecule has 0 fully saturated rings. The summed E-state index contributed by atoms with van der Waals surface area (Å²) in [7, 11) is 0. The van der Waals surface area contributed by atoms with Crippen LogP contribution >= 0.6 is 45.2 Å². The van der Waals surface area contributed by atoms with Crippen molar-refractivity contribution in [1.29, 1.82) is 0 Å². The van der Waals surface area contributed by atoms with Gasteiger partial charge in [0.1, 0.15) is 0 Å². The molecule has 0 aromatic heterocycles. The molecule has 0 amide bonds. The number of unbranched alkanes of at least 4 members (excludes halogenated alkanes) is 8. The van der Waals surface area contributed by atoms with Gasteiger partial charge >= 0.3 is 0 Å². The second-order valence-corrected chi connectivity index (χ2v) is 5.72. The quantitative estimate of drug-likeness (QED) is 0.259. The predicted molar refractivity (Wildman–Crippen MR) is 79.3 cm³/mol. The van der Waals surface area contributed by atoms with Crippen LogP contribution in [0, 0.1) is 0 Å². The smallest absolute Gasteiger partial charge is 0.000473 e. The molecule has 0 aliphatic heterocycles. The van der Waals surface area contributed by atoms with E-state index in [9.17, 15) is 0 Å². The average Bonchev–Trinajstić information content (AvgIpc) is 2.16. The van der Waals surface area contributed by atoms with E-state index in [-0.39, 0.29) is 0 Å². The minimum Gasteiger partial charge on any atom is -0.0864 e. The fraction of sp³-hybridized carbons (Fsp3) is 1.00. The van der Waals surface area contributed by atoms with Gasteiger partial charge in [-0.1, -0.05) is 90.1 Å². The van der Waals surface area contributed by atoms with Gasteiger partial charge < -0.3 is 0 Å². The lowest BCUT2D eigenvalue weighted by atomic mass is 10.1. The van der Waals surface area contributed by atoms with Gasteiger partial charge in [-0.2, -0.15) is 0 Å². The summed E-state index contributed by atoms with van der Waals surface area (Å²) in [5, 5.41) is 0. The fourth-order valence-electron chi connectivity index (χ4n) is 1.43. The van der Waals surface area contributed by atoms with Gasteiger partial charge in [0.25, 0.3) is 0 Å². The van der Waals surface area contributed by atoms with Crippen LogP contribution in [0.1, 0.15) is 57.8 Å². The van der Waals surface area contributed by atoms with Gasteiger partial charge in [-0.15, -0.1) is 0 Å².